The number of piperidine rings is 1. The molecule has 0 atom stereocenters. The van der Waals surface area contributed by atoms with Gasteiger partial charge in [0.05, 0.1) is 35.5 Å². The van der Waals surface area contributed by atoms with E-state index in [1.807, 2.05) is 19.2 Å². The fourth-order valence-electron chi connectivity index (χ4n) is 4.85. The summed E-state index contributed by atoms with van der Waals surface area (Å²) in [7, 11) is -0.185. The molecule has 4 aromatic rings. The molecule has 1 fully saturated rings. The van der Waals surface area contributed by atoms with Crippen LogP contribution in [-0.4, -0.2) is 61.0 Å². The molecule has 0 unspecified atom stereocenters. The largest absolute Gasteiger partial charge is 0.494 e. The second kappa shape index (κ2) is 12.5. The molecule has 0 aliphatic carbocycles. The summed E-state index contributed by atoms with van der Waals surface area (Å²) in [5.74, 6) is 0.753. The molecule has 1 N–H and O–H groups in total. The van der Waals surface area contributed by atoms with Crippen molar-refractivity contribution < 1.29 is 14.0 Å². The number of carbonyl (C=O) groups is 1. The van der Waals surface area contributed by atoms with Gasteiger partial charge < -0.3 is 14.1 Å². The van der Waals surface area contributed by atoms with Crippen molar-refractivity contribution in [2.45, 2.75) is 58.7 Å². The van der Waals surface area contributed by atoms with E-state index < -0.39 is 8.32 Å². The molecule has 5 rings (SSSR count). The van der Waals surface area contributed by atoms with Crippen LogP contribution in [0, 0.1) is 12.8 Å². The Bertz CT molecular complexity index is 1630. The van der Waals surface area contributed by atoms with E-state index in [9.17, 15) is 4.79 Å². The number of hydrogen-bond donors (Lipinski definition) is 1. The molecular formula is C31H39ClN6O3SSi. The van der Waals surface area contributed by atoms with Crippen molar-refractivity contribution >= 4 is 58.3 Å². The van der Waals surface area contributed by atoms with E-state index in [1.54, 1.807) is 19.4 Å². The molecule has 12 heteroatoms. The minimum Gasteiger partial charge on any atom is -0.494 e. The van der Waals surface area contributed by atoms with Crippen molar-refractivity contribution in [3.05, 3.63) is 53.2 Å². The highest BCUT2D eigenvalue weighted by molar-refractivity contribution is 7.22. The van der Waals surface area contributed by atoms with Crippen molar-refractivity contribution in [1.29, 1.82) is 0 Å². The third-order valence-electron chi connectivity index (χ3n) is 8.55. The van der Waals surface area contributed by atoms with Crippen LogP contribution in [0.2, 0.25) is 23.3 Å². The molecule has 0 radical (unpaired) electrons. The number of hydrogen-bond acceptors (Lipinski definition) is 9. The molecule has 0 bridgehead atoms. The fourth-order valence-corrected chi connectivity index (χ4v) is 6.95. The number of anilines is 2. The lowest BCUT2D eigenvalue weighted by Gasteiger charge is -2.39. The van der Waals surface area contributed by atoms with Gasteiger partial charge in [-0.25, -0.2) is 9.97 Å². The van der Waals surface area contributed by atoms with Crippen LogP contribution in [0.1, 0.15) is 49.7 Å². The summed E-state index contributed by atoms with van der Waals surface area (Å²) in [5, 5.41) is 3.94. The Hall–Kier alpha value is -3.12. The standard InChI is InChI=1S/C31H39ClN6O3SSi/c1-19-12-22(23-14-27(32)34-17-25(23)40-5)24(16-33-19)29(39)37-30-36-28-26(42-30)13-21(15-35-28)38-10-8-20(9-11-38)18-41-43(6,7)31(2,3)4/h12-17,20H,8-11,18H2,1-7H3,(H,35,36,37,39). The van der Waals surface area contributed by atoms with E-state index in [0.717, 1.165) is 48.6 Å². The second-order valence-corrected chi connectivity index (χ2v) is 18.8. The van der Waals surface area contributed by atoms with E-state index in [0.29, 0.717) is 44.3 Å². The van der Waals surface area contributed by atoms with Gasteiger partial charge in [-0.15, -0.1) is 0 Å². The Kier molecular flexibility index (Phi) is 9.08. The van der Waals surface area contributed by atoms with Crippen LogP contribution in [0.5, 0.6) is 5.75 Å². The number of nitrogens with one attached hydrogen (secondary N) is 1. The maximum Gasteiger partial charge on any atom is 0.259 e. The number of carbonyl (C=O) groups excluding carboxylic acids is 1. The summed E-state index contributed by atoms with van der Waals surface area (Å²) in [4.78, 5) is 33.5. The summed E-state index contributed by atoms with van der Waals surface area (Å²) in [6, 6.07) is 5.63. The summed E-state index contributed by atoms with van der Waals surface area (Å²) >= 11 is 7.59. The van der Waals surface area contributed by atoms with Crippen LogP contribution in [0.25, 0.3) is 21.5 Å². The average Bonchev–Trinajstić information content (AvgIpc) is 3.37. The monoisotopic (exact) mass is 638 g/mol. The molecule has 1 aliphatic rings. The summed E-state index contributed by atoms with van der Waals surface area (Å²) in [6.07, 6.45) is 7.16. The van der Waals surface area contributed by atoms with Gasteiger partial charge in [0.1, 0.15) is 10.9 Å². The van der Waals surface area contributed by atoms with Gasteiger partial charge in [0.15, 0.2) is 19.1 Å². The van der Waals surface area contributed by atoms with Gasteiger partial charge in [0.2, 0.25) is 0 Å². The molecule has 1 aliphatic heterocycles. The summed E-state index contributed by atoms with van der Waals surface area (Å²) < 4.78 is 12.9. The molecule has 0 spiro atoms. The molecule has 228 valence electrons. The first-order valence-electron chi connectivity index (χ1n) is 14.5. The van der Waals surface area contributed by atoms with Crippen molar-refractivity contribution in [3.8, 4) is 16.9 Å². The Morgan fingerprint density at radius 2 is 1.84 bits per heavy atom. The Morgan fingerprint density at radius 3 is 2.53 bits per heavy atom. The van der Waals surface area contributed by atoms with Crippen LogP contribution in [0.3, 0.4) is 0 Å². The normalized spacial score (nSPS) is 14.7. The highest BCUT2D eigenvalue weighted by atomic mass is 35.5. The lowest BCUT2D eigenvalue weighted by Crippen LogP contribution is -2.43. The number of fused-ring (bicyclic) bond motifs is 1. The van der Waals surface area contributed by atoms with Crippen LogP contribution in [0.4, 0.5) is 10.8 Å². The lowest BCUT2D eigenvalue weighted by atomic mass is 9.98. The zero-order valence-electron chi connectivity index (χ0n) is 25.8. The topological polar surface area (TPSA) is 102 Å². The van der Waals surface area contributed by atoms with E-state index >= 15 is 0 Å². The maximum atomic E-state index is 13.5. The van der Waals surface area contributed by atoms with Crippen molar-refractivity contribution in [1.82, 2.24) is 19.9 Å². The number of rotatable bonds is 8. The zero-order chi connectivity index (χ0) is 30.9. The van der Waals surface area contributed by atoms with Gasteiger partial charge in [-0.1, -0.05) is 43.7 Å². The Balaban J connectivity index is 1.28. The first kappa shape index (κ1) is 31.3. The van der Waals surface area contributed by atoms with Crippen molar-refractivity contribution in [2.75, 3.05) is 37.0 Å². The molecule has 0 aromatic carbocycles. The maximum absolute atomic E-state index is 13.5. The van der Waals surface area contributed by atoms with Crippen LogP contribution < -0.4 is 15.0 Å². The van der Waals surface area contributed by atoms with Crippen molar-refractivity contribution in [3.63, 3.8) is 0 Å². The van der Waals surface area contributed by atoms with Crippen LogP contribution in [-0.2, 0) is 4.43 Å². The fraction of sp³-hybridized carbons (Fsp3) is 0.452. The number of methoxy groups -OCH3 is 1. The minimum absolute atomic E-state index is 0.225. The number of amides is 1. The van der Waals surface area contributed by atoms with E-state index in [1.165, 1.54) is 17.5 Å². The third-order valence-corrected chi connectivity index (χ3v) is 14.2. The predicted molar refractivity (Wildman–Crippen MR) is 177 cm³/mol. The molecule has 1 saturated heterocycles. The number of ether oxygens (including phenoxy) is 1. The van der Waals surface area contributed by atoms with Gasteiger partial charge >= 0.3 is 0 Å². The number of aromatic nitrogens is 4. The number of aryl methyl sites for hydroxylation is 1. The van der Waals surface area contributed by atoms with E-state index in [-0.39, 0.29) is 10.9 Å². The Morgan fingerprint density at radius 1 is 1.09 bits per heavy atom. The van der Waals surface area contributed by atoms with Crippen LogP contribution in [0.15, 0.2) is 36.8 Å². The molecule has 0 saturated carbocycles. The highest BCUT2D eigenvalue weighted by Crippen LogP contribution is 2.38. The van der Waals surface area contributed by atoms with Gasteiger partial charge in [-0.05, 0) is 62.0 Å². The minimum atomic E-state index is -1.74. The molecule has 9 nitrogen and oxygen atoms in total. The molecule has 4 aromatic heterocycles. The average molecular weight is 639 g/mol. The zero-order valence-corrected chi connectivity index (χ0v) is 28.4. The number of nitrogens with zero attached hydrogens (tertiary/aromatic N) is 5. The molecular weight excluding hydrogens is 600 g/mol. The van der Waals surface area contributed by atoms with E-state index in [4.69, 9.17) is 20.8 Å². The van der Waals surface area contributed by atoms with E-state index in [2.05, 4.69) is 70.1 Å². The number of pyridine rings is 3. The van der Waals surface area contributed by atoms with Crippen LogP contribution >= 0.6 is 22.9 Å². The summed E-state index contributed by atoms with van der Waals surface area (Å²) in [6.45, 7) is 16.1. The highest BCUT2D eigenvalue weighted by Gasteiger charge is 2.37. The molecule has 5 heterocycles. The number of thiazole rings is 1. The first-order valence-corrected chi connectivity index (χ1v) is 18.6. The first-order chi connectivity index (χ1) is 20.3. The number of halogens is 1. The SMILES string of the molecule is COc1cnc(Cl)cc1-c1cc(C)ncc1C(=O)Nc1nc2ncc(N3CCC(CO[Si](C)(C)C(C)(C)C)CC3)cc2s1. The van der Waals surface area contributed by atoms with Gasteiger partial charge in [0.25, 0.3) is 5.91 Å². The predicted octanol–water partition coefficient (Wildman–Crippen LogP) is 7.61. The second-order valence-electron chi connectivity index (χ2n) is 12.6. The molecule has 43 heavy (non-hydrogen) atoms. The Labute approximate surface area is 263 Å². The molecule has 1 amide bonds. The third kappa shape index (κ3) is 7.00. The lowest BCUT2D eigenvalue weighted by molar-refractivity contribution is 0.102. The quantitative estimate of drug-likeness (QED) is 0.155. The van der Waals surface area contributed by atoms with Gasteiger partial charge in [0, 0.05) is 42.7 Å². The van der Waals surface area contributed by atoms with Crippen molar-refractivity contribution in [2.24, 2.45) is 5.92 Å². The smallest absolute Gasteiger partial charge is 0.259 e. The van der Waals surface area contributed by atoms with Gasteiger partial charge in [-0.3, -0.25) is 15.1 Å². The van der Waals surface area contributed by atoms with Gasteiger partial charge in [-0.2, -0.15) is 4.98 Å². The summed E-state index contributed by atoms with van der Waals surface area (Å²) in [5.41, 5.74) is 4.11.